The Morgan fingerprint density at radius 2 is 1.83 bits per heavy atom. The molecule has 0 spiro atoms. The van der Waals surface area contributed by atoms with Gasteiger partial charge in [0.25, 0.3) is 0 Å². The lowest BCUT2D eigenvalue weighted by Crippen LogP contribution is -2.45. The molecule has 1 amide bonds. The van der Waals surface area contributed by atoms with Crippen LogP contribution in [0.4, 0.5) is 5.95 Å². The SMILES string of the molecule is CC(C)C(=O)N1CCC[C@@H](c2nc(N3CCN(C)CC3)ncc2-c2ccncc2)C1. The number of anilines is 1. The molecule has 2 aliphatic heterocycles. The van der Waals surface area contributed by atoms with E-state index in [0.717, 1.165) is 74.9 Å². The van der Waals surface area contributed by atoms with Crippen LogP contribution >= 0.6 is 0 Å². The van der Waals surface area contributed by atoms with Crippen LogP contribution in [0.3, 0.4) is 0 Å². The molecule has 2 aromatic heterocycles. The highest BCUT2D eigenvalue weighted by Crippen LogP contribution is 2.34. The first-order valence-corrected chi connectivity index (χ1v) is 11.0. The molecule has 2 aromatic rings. The van der Waals surface area contributed by atoms with Crippen molar-refractivity contribution < 1.29 is 4.79 Å². The van der Waals surface area contributed by atoms with Crippen molar-refractivity contribution in [3.63, 3.8) is 0 Å². The van der Waals surface area contributed by atoms with Gasteiger partial charge in [0, 0.05) is 75.3 Å². The summed E-state index contributed by atoms with van der Waals surface area (Å²) in [7, 11) is 2.15. The smallest absolute Gasteiger partial charge is 0.225 e. The summed E-state index contributed by atoms with van der Waals surface area (Å²) in [5.74, 6) is 1.29. The Bertz CT molecular complexity index is 863. The topological polar surface area (TPSA) is 65.5 Å². The molecule has 1 atom stereocenters. The van der Waals surface area contributed by atoms with Crippen LogP contribution in [0.2, 0.25) is 0 Å². The van der Waals surface area contributed by atoms with Crippen molar-refractivity contribution in [3.8, 4) is 11.1 Å². The van der Waals surface area contributed by atoms with E-state index in [1.54, 1.807) is 0 Å². The molecule has 7 nitrogen and oxygen atoms in total. The van der Waals surface area contributed by atoms with Gasteiger partial charge in [-0.3, -0.25) is 9.78 Å². The lowest BCUT2D eigenvalue weighted by Gasteiger charge is -2.35. The van der Waals surface area contributed by atoms with Crippen LogP contribution in [-0.2, 0) is 4.79 Å². The van der Waals surface area contributed by atoms with Crippen molar-refractivity contribution in [2.24, 2.45) is 5.92 Å². The summed E-state index contributed by atoms with van der Waals surface area (Å²) in [6, 6.07) is 4.02. The van der Waals surface area contributed by atoms with Crippen LogP contribution < -0.4 is 4.90 Å². The molecular weight excluding hydrogens is 376 g/mol. The van der Waals surface area contributed by atoms with Crippen molar-refractivity contribution in [2.75, 3.05) is 51.2 Å². The van der Waals surface area contributed by atoms with Gasteiger partial charge in [-0.05, 0) is 37.6 Å². The molecule has 30 heavy (non-hydrogen) atoms. The molecule has 2 fully saturated rings. The van der Waals surface area contributed by atoms with Gasteiger partial charge < -0.3 is 14.7 Å². The number of piperidine rings is 1. The van der Waals surface area contributed by atoms with Gasteiger partial charge in [0.1, 0.15) is 0 Å². The van der Waals surface area contributed by atoms with Crippen molar-refractivity contribution in [1.29, 1.82) is 0 Å². The summed E-state index contributed by atoms with van der Waals surface area (Å²) >= 11 is 0. The van der Waals surface area contributed by atoms with E-state index >= 15 is 0 Å². The number of hydrogen-bond donors (Lipinski definition) is 0. The van der Waals surface area contributed by atoms with Crippen LogP contribution in [0.5, 0.6) is 0 Å². The largest absolute Gasteiger partial charge is 0.342 e. The Kier molecular flexibility index (Phi) is 6.27. The fourth-order valence-corrected chi connectivity index (χ4v) is 4.37. The summed E-state index contributed by atoms with van der Waals surface area (Å²) in [4.78, 5) is 33.3. The predicted molar refractivity (Wildman–Crippen MR) is 118 cm³/mol. The second kappa shape index (κ2) is 9.08. The number of aromatic nitrogens is 3. The molecule has 0 aliphatic carbocycles. The normalized spacial score (nSPS) is 20.6. The van der Waals surface area contributed by atoms with Gasteiger partial charge in [0.2, 0.25) is 11.9 Å². The molecular formula is C23H32N6O. The Hall–Kier alpha value is -2.54. The van der Waals surface area contributed by atoms with Gasteiger partial charge in [-0.25, -0.2) is 9.97 Å². The van der Waals surface area contributed by atoms with Crippen molar-refractivity contribution >= 4 is 11.9 Å². The first-order chi connectivity index (χ1) is 14.5. The van der Waals surface area contributed by atoms with Crippen molar-refractivity contribution in [3.05, 3.63) is 36.4 Å². The zero-order valence-corrected chi connectivity index (χ0v) is 18.3. The number of hydrogen-bond acceptors (Lipinski definition) is 6. The Morgan fingerprint density at radius 1 is 1.10 bits per heavy atom. The summed E-state index contributed by atoms with van der Waals surface area (Å²) in [5.41, 5.74) is 3.20. The molecule has 0 radical (unpaired) electrons. The number of pyridine rings is 1. The lowest BCUT2D eigenvalue weighted by molar-refractivity contribution is -0.135. The summed E-state index contributed by atoms with van der Waals surface area (Å²) in [5, 5.41) is 0. The molecule has 2 saturated heterocycles. The van der Waals surface area contributed by atoms with Gasteiger partial charge in [-0.2, -0.15) is 0 Å². The quantitative estimate of drug-likeness (QED) is 0.775. The lowest BCUT2D eigenvalue weighted by atomic mass is 9.89. The Labute approximate surface area is 179 Å². The van der Waals surface area contributed by atoms with Crippen LogP contribution in [0, 0.1) is 5.92 Å². The second-order valence-electron chi connectivity index (χ2n) is 8.77. The maximum Gasteiger partial charge on any atom is 0.225 e. The zero-order valence-electron chi connectivity index (χ0n) is 18.3. The van der Waals surface area contributed by atoms with Crippen LogP contribution in [0.25, 0.3) is 11.1 Å². The Balaban J connectivity index is 1.67. The highest BCUT2D eigenvalue weighted by molar-refractivity contribution is 5.78. The first kappa shape index (κ1) is 20.7. The number of piperazine rings is 1. The highest BCUT2D eigenvalue weighted by Gasteiger charge is 2.29. The maximum absolute atomic E-state index is 12.6. The minimum Gasteiger partial charge on any atom is -0.342 e. The van der Waals surface area contributed by atoms with Crippen LogP contribution in [0.1, 0.15) is 38.3 Å². The third-order valence-electron chi connectivity index (χ3n) is 6.20. The molecule has 7 heteroatoms. The van der Waals surface area contributed by atoms with Gasteiger partial charge >= 0.3 is 0 Å². The molecule has 0 saturated carbocycles. The summed E-state index contributed by atoms with van der Waals surface area (Å²) in [6.45, 7) is 9.44. The average Bonchev–Trinajstić information content (AvgIpc) is 2.79. The molecule has 0 unspecified atom stereocenters. The molecule has 0 aromatic carbocycles. The van der Waals surface area contributed by atoms with E-state index in [4.69, 9.17) is 9.97 Å². The summed E-state index contributed by atoms with van der Waals surface area (Å²) < 4.78 is 0. The summed E-state index contributed by atoms with van der Waals surface area (Å²) in [6.07, 6.45) is 7.63. The minimum absolute atomic E-state index is 0.0229. The second-order valence-corrected chi connectivity index (χ2v) is 8.77. The van der Waals surface area contributed by atoms with Gasteiger partial charge in [0.05, 0.1) is 5.69 Å². The van der Waals surface area contributed by atoms with E-state index < -0.39 is 0 Å². The van der Waals surface area contributed by atoms with Gasteiger partial charge in [-0.15, -0.1) is 0 Å². The number of likely N-dealkylation sites (tertiary alicyclic amines) is 1. The third-order valence-corrected chi connectivity index (χ3v) is 6.20. The van der Waals surface area contributed by atoms with Crippen molar-refractivity contribution in [1.82, 2.24) is 24.8 Å². The number of carbonyl (C=O) groups excluding carboxylic acids is 1. The standard InChI is InChI=1S/C23H32N6O/c1-17(2)22(30)29-10-4-5-19(16-29)21-20(18-6-8-24-9-7-18)15-25-23(26-21)28-13-11-27(3)12-14-28/h6-9,15,17,19H,4-5,10-14,16H2,1-3H3/t19-/m1/s1. The third kappa shape index (κ3) is 4.46. The molecule has 160 valence electrons. The number of amides is 1. The minimum atomic E-state index is 0.0229. The Morgan fingerprint density at radius 3 is 2.53 bits per heavy atom. The number of likely N-dealkylation sites (N-methyl/N-ethyl adjacent to an activating group) is 1. The van der Waals surface area contributed by atoms with E-state index in [0.29, 0.717) is 0 Å². The van der Waals surface area contributed by atoms with E-state index in [-0.39, 0.29) is 17.7 Å². The van der Waals surface area contributed by atoms with Gasteiger partial charge in [0.15, 0.2) is 0 Å². The molecule has 2 aliphatic rings. The monoisotopic (exact) mass is 408 g/mol. The van der Waals surface area contributed by atoms with E-state index in [1.165, 1.54) is 0 Å². The predicted octanol–water partition coefficient (Wildman–Crippen LogP) is 2.65. The zero-order chi connectivity index (χ0) is 21.1. The fraction of sp³-hybridized carbons (Fsp3) is 0.565. The van der Waals surface area contributed by atoms with Gasteiger partial charge in [-0.1, -0.05) is 13.8 Å². The molecule has 4 rings (SSSR count). The van der Waals surface area contributed by atoms with Crippen LogP contribution in [0.15, 0.2) is 30.7 Å². The van der Waals surface area contributed by atoms with E-state index in [1.807, 2.05) is 49.5 Å². The molecule has 0 bridgehead atoms. The molecule has 4 heterocycles. The number of rotatable bonds is 4. The average molecular weight is 409 g/mol. The van der Waals surface area contributed by atoms with Crippen molar-refractivity contribution in [2.45, 2.75) is 32.6 Å². The first-order valence-electron chi connectivity index (χ1n) is 11.0. The molecule has 0 N–H and O–H groups in total. The highest BCUT2D eigenvalue weighted by atomic mass is 16.2. The number of carbonyl (C=O) groups is 1. The van der Waals surface area contributed by atoms with E-state index in [9.17, 15) is 4.79 Å². The fourth-order valence-electron chi connectivity index (χ4n) is 4.37. The number of nitrogens with zero attached hydrogens (tertiary/aromatic N) is 6. The van der Waals surface area contributed by atoms with Crippen LogP contribution in [-0.4, -0.2) is 77.0 Å². The van der Waals surface area contributed by atoms with E-state index in [2.05, 4.69) is 21.8 Å². The maximum atomic E-state index is 12.6.